The van der Waals surface area contributed by atoms with E-state index < -0.39 is 0 Å². The maximum Gasteiger partial charge on any atom is 0.275 e. The number of phenolic OH excluding ortho intramolecular Hbond substituents is 2. The lowest BCUT2D eigenvalue weighted by molar-refractivity contribution is 0.258. The molecule has 0 aliphatic carbocycles. The summed E-state index contributed by atoms with van der Waals surface area (Å²) < 4.78 is 24.2. The van der Waals surface area contributed by atoms with Crippen molar-refractivity contribution in [1.82, 2.24) is 0 Å². The normalized spacial score (nSPS) is 11.3. The Morgan fingerprint density at radius 1 is 0.408 bits per heavy atom. The fourth-order valence-corrected chi connectivity index (χ4v) is 5.79. The van der Waals surface area contributed by atoms with E-state index in [4.69, 9.17) is 28.3 Å². The Morgan fingerprint density at radius 3 is 1.27 bits per heavy atom. The van der Waals surface area contributed by atoms with Crippen molar-refractivity contribution in [3.63, 3.8) is 0 Å². The summed E-state index contributed by atoms with van der Waals surface area (Å²) in [5.74, 6) is 3.09. The molecule has 2 N–H and O–H groups in total. The highest BCUT2D eigenvalue weighted by molar-refractivity contribution is 7.27. The number of hydrogen-bond donors (Lipinski definition) is 2. The highest BCUT2D eigenvalue weighted by Gasteiger charge is 2.20. The van der Waals surface area contributed by atoms with E-state index in [2.05, 4.69) is 0 Å². The number of phenols is 2. The number of rotatable bonds is 10. The molecular formula is C41H42O6P2. The summed E-state index contributed by atoms with van der Waals surface area (Å²) in [6.45, 7) is 7.78. The second-order valence-corrected chi connectivity index (χ2v) is 12.2. The van der Waals surface area contributed by atoms with Gasteiger partial charge in [0.25, 0.3) is 9.03 Å². The van der Waals surface area contributed by atoms with E-state index in [0.717, 1.165) is 50.6 Å². The van der Waals surface area contributed by atoms with Gasteiger partial charge in [-0.1, -0.05) is 121 Å². The molecule has 0 spiro atoms. The lowest BCUT2D eigenvalue weighted by Crippen LogP contribution is -2.04. The Hall–Kier alpha value is -4.86. The van der Waals surface area contributed by atoms with Crippen LogP contribution in [0.4, 0.5) is 0 Å². The van der Waals surface area contributed by atoms with Gasteiger partial charge in [-0.25, -0.2) is 0 Å². The molecule has 0 saturated carbocycles. The molecule has 0 aromatic heterocycles. The van der Waals surface area contributed by atoms with Crippen LogP contribution in [0, 0.1) is 27.7 Å². The molecule has 0 fully saturated rings. The molecule has 0 aliphatic heterocycles. The van der Waals surface area contributed by atoms with Crippen molar-refractivity contribution in [2.75, 3.05) is 0 Å². The quantitative estimate of drug-likeness (QED) is 0.139. The van der Waals surface area contributed by atoms with E-state index in [1.807, 2.05) is 167 Å². The van der Waals surface area contributed by atoms with E-state index in [1.54, 1.807) is 12.1 Å². The van der Waals surface area contributed by atoms with Gasteiger partial charge >= 0.3 is 0 Å². The van der Waals surface area contributed by atoms with E-state index >= 15 is 0 Å². The third-order valence-corrected chi connectivity index (χ3v) is 8.58. The van der Waals surface area contributed by atoms with E-state index in [0.29, 0.717) is 11.5 Å². The lowest BCUT2D eigenvalue weighted by Gasteiger charge is -2.21. The van der Waals surface area contributed by atoms with Crippen LogP contribution in [0.5, 0.6) is 28.7 Å². The van der Waals surface area contributed by atoms with Crippen molar-refractivity contribution >= 4 is 18.1 Å². The number of aromatic hydroxyl groups is 2. The van der Waals surface area contributed by atoms with Crippen LogP contribution in [-0.4, -0.2) is 10.2 Å². The third kappa shape index (κ3) is 12.0. The predicted molar refractivity (Wildman–Crippen MR) is 202 cm³/mol. The van der Waals surface area contributed by atoms with Crippen LogP contribution in [0.1, 0.15) is 39.5 Å². The zero-order valence-corrected chi connectivity index (χ0v) is 30.0. The summed E-state index contributed by atoms with van der Waals surface area (Å²) in [5, 5.41) is 17.8. The van der Waals surface area contributed by atoms with Gasteiger partial charge < -0.3 is 28.3 Å². The number of benzene rings is 6. The van der Waals surface area contributed by atoms with Crippen molar-refractivity contribution in [2.24, 2.45) is 0 Å². The van der Waals surface area contributed by atoms with Crippen molar-refractivity contribution in [3.8, 4) is 28.7 Å². The Morgan fingerprint density at radius 2 is 0.796 bits per heavy atom. The van der Waals surface area contributed by atoms with Crippen molar-refractivity contribution in [2.45, 2.75) is 33.8 Å². The summed E-state index contributed by atoms with van der Waals surface area (Å²) >= 11 is 0. The monoisotopic (exact) mass is 692 g/mol. The van der Waals surface area contributed by atoms with Gasteiger partial charge in [-0.3, -0.25) is 0 Å². The van der Waals surface area contributed by atoms with Crippen LogP contribution in [0.2, 0.25) is 0 Å². The minimum atomic E-state index is -0.340. The van der Waals surface area contributed by atoms with Crippen LogP contribution in [0.15, 0.2) is 152 Å². The fourth-order valence-electron chi connectivity index (χ4n) is 4.43. The van der Waals surface area contributed by atoms with Gasteiger partial charge in [-0.05, 0) is 85.8 Å². The molecule has 3 atom stereocenters. The summed E-state index contributed by atoms with van der Waals surface area (Å²) in [5.41, 5.74) is 5.94. The first-order chi connectivity index (χ1) is 23.8. The van der Waals surface area contributed by atoms with Gasteiger partial charge in [0.15, 0.2) is 0 Å². The third-order valence-electron chi connectivity index (χ3n) is 7.34. The van der Waals surface area contributed by atoms with Crippen molar-refractivity contribution < 1.29 is 28.3 Å². The van der Waals surface area contributed by atoms with E-state index in [9.17, 15) is 0 Å². The SMILES string of the molecule is Cc1ccccc1O.Cc1ccccc1O.Cc1ccccc1OPOc1ccccc1C(OPOc1ccccc1C)c1ccccc1. The Bertz CT molecular complexity index is 1780. The van der Waals surface area contributed by atoms with Gasteiger partial charge in [-0.2, -0.15) is 0 Å². The molecule has 252 valence electrons. The lowest BCUT2D eigenvalue weighted by atomic mass is 10.0. The minimum absolute atomic E-state index is 0.173. The Labute approximate surface area is 293 Å². The zero-order chi connectivity index (χ0) is 34.8. The van der Waals surface area contributed by atoms with Crippen LogP contribution >= 0.6 is 18.1 Å². The highest BCUT2D eigenvalue weighted by atomic mass is 31.1. The largest absolute Gasteiger partial charge is 0.508 e. The predicted octanol–water partition coefficient (Wildman–Crippen LogP) is 11.4. The first-order valence-electron chi connectivity index (χ1n) is 15.7. The van der Waals surface area contributed by atoms with Gasteiger partial charge in [0, 0.05) is 5.56 Å². The Balaban J connectivity index is 0.000000275. The first kappa shape index (κ1) is 37.0. The van der Waals surface area contributed by atoms with Gasteiger partial charge in [-0.15, -0.1) is 0 Å². The summed E-state index contributed by atoms with van der Waals surface area (Å²) in [6.07, 6.45) is -0.340. The smallest absolute Gasteiger partial charge is 0.275 e. The van der Waals surface area contributed by atoms with Crippen molar-refractivity contribution in [3.05, 3.63) is 185 Å². The summed E-state index contributed by atoms with van der Waals surface area (Å²) in [7, 11) is -0.349. The average molecular weight is 693 g/mol. The molecule has 6 aromatic rings. The topological polar surface area (TPSA) is 77.4 Å². The van der Waals surface area contributed by atoms with E-state index in [1.165, 1.54) is 0 Å². The molecule has 6 rings (SSSR count). The van der Waals surface area contributed by atoms with Gasteiger partial charge in [0.2, 0.25) is 9.03 Å². The molecule has 0 radical (unpaired) electrons. The van der Waals surface area contributed by atoms with Crippen LogP contribution in [0.3, 0.4) is 0 Å². The van der Waals surface area contributed by atoms with Crippen LogP contribution < -0.4 is 13.6 Å². The molecule has 0 aliphatic rings. The molecule has 0 bridgehead atoms. The maximum atomic E-state index is 8.92. The van der Waals surface area contributed by atoms with Crippen molar-refractivity contribution in [1.29, 1.82) is 0 Å². The Kier molecular flexibility index (Phi) is 15.0. The standard InChI is InChI=1S/C27H26O4P2.2C7H8O/c1-20-12-6-9-17-24(20)28-32-30-26-19-11-8-16-23(26)27(22-14-4-3-5-15-22)31-33-29-25-18-10-7-13-21(25)2;2*1-6-4-2-3-5-7(6)8/h3-19,27,32-33H,1-2H3;2*2-5,8H,1H3. The molecule has 6 aromatic carbocycles. The number of para-hydroxylation sites is 5. The molecule has 0 saturated heterocycles. The van der Waals surface area contributed by atoms with E-state index in [-0.39, 0.29) is 24.2 Å². The second-order valence-electron chi connectivity index (χ2n) is 11.0. The second kappa shape index (κ2) is 19.8. The fraction of sp³-hybridized carbons (Fsp3) is 0.122. The molecule has 6 nitrogen and oxygen atoms in total. The minimum Gasteiger partial charge on any atom is -0.508 e. The van der Waals surface area contributed by atoms with Gasteiger partial charge in [0.1, 0.15) is 34.9 Å². The number of hydrogen-bond acceptors (Lipinski definition) is 6. The van der Waals surface area contributed by atoms with Crippen LogP contribution in [0.25, 0.3) is 0 Å². The van der Waals surface area contributed by atoms with Crippen LogP contribution in [-0.2, 0) is 4.52 Å². The molecule has 8 heteroatoms. The maximum absolute atomic E-state index is 8.92. The van der Waals surface area contributed by atoms with Gasteiger partial charge in [0.05, 0.1) is 0 Å². The number of aryl methyl sites for hydroxylation is 4. The highest BCUT2D eigenvalue weighted by Crippen LogP contribution is 2.40. The molecule has 0 heterocycles. The summed E-state index contributed by atoms with van der Waals surface area (Å²) in [4.78, 5) is 0. The molecule has 0 amide bonds. The molecule has 3 unspecified atom stereocenters. The zero-order valence-electron chi connectivity index (χ0n) is 28.0. The molecule has 49 heavy (non-hydrogen) atoms. The first-order valence-corrected chi connectivity index (χ1v) is 17.4. The average Bonchev–Trinajstić information content (AvgIpc) is 3.12. The molecular weight excluding hydrogens is 650 g/mol. The summed E-state index contributed by atoms with van der Waals surface area (Å²) in [6, 6.07) is 48.3.